The zero-order chi connectivity index (χ0) is 32.2. The molecule has 226 valence electrons. The number of hydrogen-bond acceptors (Lipinski definition) is 4. The van der Waals surface area contributed by atoms with E-state index in [9.17, 15) is 0 Å². The van der Waals surface area contributed by atoms with E-state index in [0.717, 1.165) is 92.2 Å². The highest BCUT2D eigenvalue weighted by atomic mass is 127. The van der Waals surface area contributed by atoms with Crippen LogP contribution < -0.4 is 0 Å². The van der Waals surface area contributed by atoms with Crippen molar-refractivity contribution in [2.75, 3.05) is 0 Å². The maximum Gasteiger partial charge on any atom is 0.0972 e. The lowest BCUT2D eigenvalue weighted by Crippen LogP contribution is -1.93. The van der Waals surface area contributed by atoms with Crippen molar-refractivity contribution < 1.29 is 0 Å². The van der Waals surface area contributed by atoms with Crippen LogP contribution in [-0.2, 0) is 0 Å². The Labute approximate surface area is 304 Å². The third-order valence-electron chi connectivity index (χ3n) is 8.74. The smallest absolute Gasteiger partial charge is 0.0972 e. The summed E-state index contributed by atoms with van der Waals surface area (Å²) in [5.74, 6) is 0. The summed E-state index contributed by atoms with van der Waals surface area (Å²) in [7, 11) is 0. The van der Waals surface area contributed by atoms with Gasteiger partial charge in [0.2, 0.25) is 0 Å². The molecule has 0 saturated heterocycles. The van der Waals surface area contributed by atoms with E-state index in [-0.39, 0.29) is 0 Å². The Hall–Kier alpha value is -4.80. The van der Waals surface area contributed by atoms with Crippen LogP contribution in [0.3, 0.4) is 0 Å². The van der Waals surface area contributed by atoms with E-state index in [1.165, 1.54) is 3.57 Å². The molecule has 0 saturated carbocycles. The molecular formula is C42H24I2N4. The van der Waals surface area contributed by atoms with Crippen LogP contribution in [0.4, 0.5) is 0 Å². The lowest BCUT2D eigenvalue weighted by atomic mass is 10.0. The van der Waals surface area contributed by atoms with Gasteiger partial charge in [-0.2, -0.15) is 0 Å². The molecule has 5 aromatic carbocycles. The Morgan fingerprint density at radius 3 is 1.06 bits per heavy atom. The van der Waals surface area contributed by atoms with Crippen LogP contribution in [0, 0.1) is 7.14 Å². The first kappa shape index (κ1) is 29.3. The molecule has 0 bridgehead atoms. The summed E-state index contributed by atoms with van der Waals surface area (Å²) >= 11 is 4.72. The van der Waals surface area contributed by atoms with Crippen LogP contribution in [0.2, 0.25) is 0 Å². The average Bonchev–Trinajstić information content (AvgIpc) is 3.14. The normalized spacial score (nSPS) is 11.5. The zero-order valence-corrected chi connectivity index (χ0v) is 29.7. The van der Waals surface area contributed by atoms with Crippen molar-refractivity contribution in [2.45, 2.75) is 0 Å². The third kappa shape index (κ3) is 5.38. The lowest BCUT2D eigenvalue weighted by molar-refractivity contribution is 1.35. The fourth-order valence-electron chi connectivity index (χ4n) is 6.29. The fourth-order valence-corrected chi connectivity index (χ4v) is 7.32. The second kappa shape index (κ2) is 12.0. The van der Waals surface area contributed by atoms with Gasteiger partial charge >= 0.3 is 0 Å². The molecule has 0 N–H and O–H groups in total. The number of nitrogens with zero attached hydrogens (tertiary/aromatic N) is 4. The van der Waals surface area contributed by atoms with Crippen molar-refractivity contribution in [3.63, 3.8) is 0 Å². The quantitative estimate of drug-likeness (QED) is 0.131. The van der Waals surface area contributed by atoms with E-state index < -0.39 is 0 Å². The summed E-state index contributed by atoms with van der Waals surface area (Å²) in [6, 6.07) is 50.7. The lowest BCUT2D eigenvalue weighted by Gasteiger charge is -2.11. The minimum atomic E-state index is 0.897. The molecule has 9 rings (SSSR count). The van der Waals surface area contributed by atoms with E-state index in [1.807, 2.05) is 18.2 Å². The van der Waals surface area contributed by atoms with E-state index in [1.54, 1.807) is 0 Å². The van der Waals surface area contributed by atoms with Crippen molar-refractivity contribution in [2.24, 2.45) is 0 Å². The van der Waals surface area contributed by atoms with Gasteiger partial charge in [0.05, 0.1) is 44.8 Å². The topological polar surface area (TPSA) is 51.6 Å². The highest BCUT2D eigenvalue weighted by Gasteiger charge is 2.13. The number of fused-ring (bicyclic) bond motifs is 6. The molecule has 4 aromatic heterocycles. The molecule has 0 spiro atoms. The molecule has 4 heterocycles. The van der Waals surface area contributed by atoms with E-state index in [0.29, 0.717) is 0 Å². The second-order valence-corrected chi connectivity index (χ2v) is 14.3. The van der Waals surface area contributed by atoms with Crippen molar-refractivity contribution in [1.82, 2.24) is 19.9 Å². The highest BCUT2D eigenvalue weighted by molar-refractivity contribution is 14.1. The summed E-state index contributed by atoms with van der Waals surface area (Å²) in [6.45, 7) is 0. The predicted molar refractivity (Wildman–Crippen MR) is 215 cm³/mol. The Balaban J connectivity index is 1.16. The number of benzene rings is 5. The van der Waals surface area contributed by atoms with Gasteiger partial charge in [0, 0.05) is 50.9 Å². The summed E-state index contributed by atoms with van der Waals surface area (Å²) in [5, 5.41) is 4.27. The SMILES string of the molecule is Ic1ccc(-c2ccc3ccc4ccc(-c5cc(I)cc(-c6ccc7ccc8ccc(-c9ccccc9)nc8c7n6)c5)nc4c3n2)cc1. The monoisotopic (exact) mass is 838 g/mol. The molecule has 0 atom stereocenters. The molecule has 0 aliphatic carbocycles. The van der Waals surface area contributed by atoms with E-state index in [2.05, 4.69) is 173 Å². The highest BCUT2D eigenvalue weighted by Crippen LogP contribution is 2.33. The Morgan fingerprint density at radius 2 is 0.646 bits per heavy atom. The summed E-state index contributed by atoms with van der Waals surface area (Å²) in [5.41, 5.74) is 11.5. The van der Waals surface area contributed by atoms with Crippen LogP contribution in [0.5, 0.6) is 0 Å². The first-order valence-corrected chi connectivity index (χ1v) is 17.8. The van der Waals surface area contributed by atoms with Gasteiger partial charge in [-0.05, 0) is 99.8 Å². The van der Waals surface area contributed by atoms with Crippen molar-refractivity contribution >= 4 is 88.8 Å². The maximum absolute atomic E-state index is 5.23. The molecule has 0 fully saturated rings. The molecule has 0 aliphatic rings. The third-order valence-corrected chi connectivity index (χ3v) is 10.1. The van der Waals surface area contributed by atoms with Crippen LogP contribution in [0.1, 0.15) is 0 Å². The van der Waals surface area contributed by atoms with E-state index in [4.69, 9.17) is 19.9 Å². The van der Waals surface area contributed by atoms with Gasteiger partial charge in [-0.15, -0.1) is 0 Å². The Bertz CT molecular complexity index is 2690. The molecule has 0 radical (unpaired) electrons. The number of hydrogen-bond donors (Lipinski definition) is 0. The predicted octanol–water partition coefficient (Wildman–Crippen LogP) is 11.8. The molecular weight excluding hydrogens is 814 g/mol. The number of halogens is 2. The Kier molecular flexibility index (Phi) is 7.35. The molecule has 48 heavy (non-hydrogen) atoms. The van der Waals surface area contributed by atoms with Crippen LogP contribution in [0.15, 0.2) is 146 Å². The molecule has 9 aromatic rings. The van der Waals surface area contributed by atoms with Crippen molar-refractivity contribution in [3.05, 3.63) is 153 Å². The average molecular weight is 838 g/mol. The Morgan fingerprint density at radius 1 is 0.292 bits per heavy atom. The maximum atomic E-state index is 5.23. The number of rotatable bonds is 4. The van der Waals surface area contributed by atoms with E-state index >= 15 is 0 Å². The standard InChI is InChI=1S/C42H24I2N4/c43-33-16-10-26(11-17-33)36-19-13-28-7-9-30-15-21-38(48-42(30)40(28)46-36)32-22-31(23-34(44)24-32)37-20-14-29-8-6-27-12-18-35(25-4-2-1-3-5-25)45-39(27)41(29)47-37/h1-24H. The first-order chi connectivity index (χ1) is 23.6. The molecule has 0 amide bonds. The number of pyridine rings is 4. The van der Waals surface area contributed by atoms with Crippen LogP contribution in [-0.4, -0.2) is 19.9 Å². The first-order valence-electron chi connectivity index (χ1n) is 15.6. The van der Waals surface area contributed by atoms with Gasteiger partial charge in [0.1, 0.15) is 0 Å². The summed E-state index contributed by atoms with van der Waals surface area (Å²) in [6.07, 6.45) is 0. The van der Waals surface area contributed by atoms with Gasteiger partial charge in [0.25, 0.3) is 0 Å². The van der Waals surface area contributed by atoms with Crippen LogP contribution in [0.25, 0.3) is 88.6 Å². The fraction of sp³-hybridized carbons (Fsp3) is 0. The molecule has 4 nitrogen and oxygen atoms in total. The van der Waals surface area contributed by atoms with Gasteiger partial charge in [-0.3, -0.25) is 0 Å². The molecule has 0 unspecified atom stereocenters. The molecule has 0 aliphatic heterocycles. The zero-order valence-electron chi connectivity index (χ0n) is 25.4. The van der Waals surface area contributed by atoms with Gasteiger partial charge in [0.15, 0.2) is 0 Å². The summed E-state index contributed by atoms with van der Waals surface area (Å²) < 4.78 is 2.32. The minimum Gasteiger partial charge on any atom is -0.245 e. The molecule has 6 heteroatoms. The largest absolute Gasteiger partial charge is 0.245 e. The van der Waals surface area contributed by atoms with Gasteiger partial charge in [-0.1, -0.05) is 91.0 Å². The van der Waals surface area contributed by atoms with Crippen LogP contribution >= 0.6 is 45.2 Å². The number of aromatic nitrogens is 4. The van der Waals surface area contributed by atoms with Gasteiger partial charge in [-0.25, -0.2) is 19.9 Å². The van der Waals surface area contributed by atoms with Crippen molar-refractivity contribution in [1.29, 1.82) is 0 Å². The second-order valence-electron chi connectivity index (χ2n) is 11.8. The van der Waals surface area contributed by atoms with Gasteiger partial charge < -0.3 is 0 Å². The summed E-state index contributed by atoms with van der Waals surface area (Å²) in [4.78, 5) is 20.7. The minimum absolute atomic E-state index is 0.897. The van der Waals surface area contributed by atoms with Crippen molar-refractivity contribution in [3.8, 4) is 45.0 Å².